The van der Waals surface area contributed by atoms with Crippen molar-refractivity contribution in [3.05, 3.63) is 70.6 Å². The summed E-state index contributed by atoms with van der Waals surface area (Å²) < 4.78 is 1.77. The molecule has 4 aromatic rings. The average Bonchev–Trinajstić information content (AvgIpc) is 3.16. The van der Waals surface area contributed by atoms with Gasteiger partial charge in [0.2, 0.25) is 0 Å². The van der Waals surface area contributed by atoms with Crippen LogP contribution >= 0.6 is 22.9 Å². The van der Waals surface area contributed by atoms with Crippen molar-refractivity contribution in [3.63, 3.8) is 0 Å². The molecule has 0 bridgehead atoms. The van der Waals surface area contributed by atoms with Gasteiger partial charge in [-0.3, -0.25) is 0 Å². The monoisotopic (exact) mass is 354 g/mol. The van der Waals surface area contributed by atoms with Gasteiger partial charge in [-0.1, -0.05) is 41.9 Å². The average molecular weight is 355 g/mol. The molecule has 118 valence electrons. The first-order valence-corrected chi connectivity index (χ1v) is 8.40. The molecule has 2 heterocycles. The molecule has 0 amide bonds. The Kier molecular flexibility index (Phi) is 3.59. The fraction of sp³-hybridized carbons (Fsp3) is 0. The van der Waals surface area contributed by atoms with E-state index in [1.165, 1.54) is 11.3 Å². The topological polar surface area (TPSA) is 55.1 Å². The number of carboxylic acid groups (broad SMARTS) is 1. The number of halogens is 1. The van der Waals surface area contributed by atoms with Crippen LogP contribution in [0.2, 0.25) is 5.02 Å². The predicted molar refractivity (Wildman–Crippen MR) is 96.4 cm³/mol. The number of benzene rings is 2. The lowest BCUT2D eigenvalue weighted by molar-refractivity contribution is 0.0702. The molecule has 0 aliphatic heterocycles. The molecule has 0 spiro atoms. The van der Waals surface area contributed by atoms with E-state index in [1.807, 2.05) is 42.5 Å². The minimum atomic E-state index is -0.933. The first-order chi connectivity index (χ1) is 11.6. The lowest BCUT2D eigenvalue weighted by atomic mass is 10.1. The fourth-order valence-corrected chi connectivity index (χ4v) is 3.68. The number of nitrogens with zero attached hydrogens (tertiary/aromatic N) is 2. The number of thiophene rings is 1. The molecule has 0 atom stereocenters. The van der Waals surface area contributed by atoms with Crippen molar-refractivity contribution in [1.29, 1.82) is 0 Å². The van der Waals surface area contributed by atoms with Crippen molar-refractivity contribution in [3.8, 4) is 16.9 Å². The highest BCUT2D eigenvalue weighted by Crippen LogP contribution is 2.35. The molecule has 0 radical (unpaired) electrons. The van der Waals surface area contributed by atoms with Gasteiger partial charge in [-0.2, -0.15) is 5.10 Å². The van der Waals surface area contributed by atoms with E-state index >= 15 is 0 Å². The Morgan fingerprint density at radius 1 is 1.08 bits per heavy atom. The van der Waals surface area contributed by atoms with Crippen molar-refractivity contribution in [2.45, 2.75) is 0 Å². The second kappa shape index (κ2) is 5.78. The van der Waals surface area contributed by atoms with Crippen LogP contribution in [-0.2, 0) is 0 Å². The third-order valence-electron chi connectivity index (χ3n) is 3.69. The summed E-state index contributed by atoms with van der Waals surface area (Å²) in [6.07, 6.45) is 0. The van der Waals surface area contributed by atoms with Crippen LogP contribution in [-0.4, -0.2) is 20.9 Å². The van der Waals surface area contributed by atoms with E-state index in [4.69, 9.17) is 16.7 Å². The number of hydrogen-bond acceptors (Lipinski definition) is 3. The number of carbonyl (C=O) groups is 1. The van der Waals surface area contributed by atoms with Gasteiger partial charge in [-0.05, 0) is 30.3 Å². The van der Waals surface area contributed by atoms with E-state index in [2.05, 4.69) is 0 Å². The van der Waals surface area contributed by atoms with Crippen LogP contribution in [0.25, 0.3) is 27.2 Å². The Morgan fingerprint density at radius 2 is 1.79 bits per heavy atom. The highest BCUT2D eigenvalue weighted by Gasteiger charge is 2.19. The van der Waals surface area contributed by atoms with E-state index < -0.39 is 5.97 Å². The Bertz CT molecular complexity index is 1040. The number of fused-ring (bicyclic) bond motifs is 1. The maximum absolute atomic E-state index is 11.4. The van der Waals surface area contributed by atoms with Crippen LogP contribution in [0.4, 0.5) is 0 Å². The van der Waals surface area contributed by atoms with Crippen molar-refractivity contribution in [2.24, 2.45) is 0 Å². The maximum atomic E-state index is 11.4. The van der Waals surface area contributed by atoms with E-state index in [0.29, 0.717) is 9.90 Å². The molecular weight excluding hydrogens is 344 g/mol. The van der Waals surface area contributed by atoms with Crippen LogP contribution in [0.1, 0.15) is 9.67 Å². The van der Waals surface area contributed by atoms with E-state index in [-0.39, 0.29) is 0 Å². The van der Waals surface area contributed by atoms with Crippen LogP contribution < -0.4 is 0 Å². The lowest BCUT2D eigenvalue weighted by Gasteiger charge is -2.02. The summed E-state index contributed by atoms with van der Waals surface area (Å²) in [7, 11) is 0. The van der Waals surface area contributed by atoms with Crippen LogP contribution in [0, 0.1) is 0 Å². The third-order valence-corrected chi connectivity index (χ3v) is 5.04. The van der Waals surface area contributed by atoms with Gasteiger partial charge < -0.3 is 5.11 Å². The van der Waals surface area contributed by atoms with Crippen molar-refractivity contribution < 1.29 is 9.90 Å². The standard InChI is InChI=1S/C18H11ClN2O2S/c19-12-6-8-13(9-7-12)21-17-14(10-15(24-17)18(22)23)16(20-21)11-4-2-1-3-5-11/h1-10H,(H,22,23). The number of aromatic nitrogens is 2. The summed E-state index contributed by atoms with van der Waals surface area (Å²) in [5, 5.41) is 15.5. The molecule has 0 unspecified atom stereocenters. The van der Waals surface area contributed by atoms with Crippen molar-refractivity contribution in [1.82, 2.24) is 9.78 Å². The van der Waals surface area contributed by atoms with Gasteiger partial charge in [0, 0.05) is 16.0 Å². The second-order valence-corrected chi connectivity index (χ2v) is 6.70. The highest BCUT2D eigenvalue weighted by molar-refractivity contribution is 7.20. The number of hydrogen-bond donors (Lipinski definition) is 1. The zero-order valence-electron chi connectivity index (χ0n) is 12.3. The molecule has 2 aromatic carbocycles. The molecule has 4 rings (SSSR count). The van der Waals surface area contributed by atoms with Crippen LogP contribution in [0.3, 0.4) is 0 Å². The number of aromatic carboxylic acids is 1. The summed E-state index contributed by atoms with van der Waals surface area (Å²) >= 11 is 7.17. The van der Waals surface area contributed by atoms with E-state index in [9.17, 15) is 9.90 Å². The summed E-state index contributed by atoms with van der Waals surface area (Å²) in [4.78, 5) is 12.5. The van der Waals surface area contributed by atoms with Crippen molar-refractivity contribution in [2.75, 3.05) is 0 Å². The minimum absolute atomic E-state index is 0.294. The van der Waals surface area contributed by atoms with Gasteiger partial charge in [-0.15, -0.1) is 11.3 Å². The molecule has 0 fully saturated rings. The maximum Gasteiger partial charge on any atom is 0.345 e. The zero-order chi connectivity index (χ0) is 16.7. The molecule has 6 heteroatoms. The smallest absolute Gasteiger partial charge is 0.345 e. The predicted octanol–water partition coefficient (Wildman–Crippen LogP) is 5.11. The quantitative estimate of drug-likeness (QED) is 0.556. The molecule has 0 aliphatic rings. The molecule has 4 nitrogen and oxygen atoms in total. The largest absolute Gasteiger partial charge is 0.477 e. The SMILES string of the molecule is O=C(O)c1cc2c(-c3ccccc3)nn(-c3ccc(Cl)cc3)c2s1. The highest BCUT2D eigenvalue weighted by atomic mass is 35.5. The first-order valence-electron chi connectivity index (χ1n) is 7.21. The molecule has 2 aromatic heterocycles. The summed E-state index contributed by atoms with van der Waals surface area (Å²) in [6.45, 7) is 0. The Labute approximate surface area is 146 Å². The summed E-state index contributed by atoms with van der Waals surface area (Å²) in [6, 6.07) is 18.7. The molecule has 0 saturated heterocycles. The van der Waals surface area contributed by atoms with Crippen molar-refractivity contribution >= 4 is 39.1 Å². The third kappa shape index (κ3) is 2.48. The van der Waals surface area contributed by atoms with Gasteiger partial charge >= 0.3 is 5.97 Å². The van der Waals surface area contributed by atoms with Gasteiger partial charge in [0.15, 0.2) is 0 Å². The minimum Gasteiger partial charge on any atom is -0.477 e. The van der Waals surface area contributed by atoms with Crippen LogP contribution in [0.15, 0.2) is 60.7 Å². The lowest BCUT2D eigenvalue weighted by Crippen LogP contribution is -1.96. The van der Waals surface area contributed by atoms with Crippen LogP contribution in [0.5, 0.6) is 0 Å². The van der Waals surface area contributed by atoms with Gasteiger partial charge in [-0.25, -0.2) is 9.48 Å². The number of rotatable bonds is 3. The Hall–Kier alpha value is -2.63. The molecule has 24 heavy (non-hydrogen) atoms. The molecule has 0 aliphatic carbocycles. The Morgan fingerprint density at radius 3 is 2.46 bits per heavy atom. The summed E-state index contributed by atoms with van der Waals surface area (Å²) in [5.74, 6) is -0.933. The summed E-state index contributed by atoms with van der Waals surface area (Å²) in [5.41, 5.74) is 2.56. The van der Waals surface area contributed by atoms with E-state index in [0.717, 1.165) is 27.2 Å². The fourth-order valence-electron chi connectivity index (χ4n) is 2.58. The van der Waals surface area contributed by atoms with Gasteiger partial charge in [0.05, 0.1) is 5.69 Å². The molecule has 1 N–H and O–H groups in total. The second-order valence-electron chi connectivity index (χ2n) is 5.24. The van der Waals surface area contributed by atoms with Gasteiger partial charge in [0.25, 0.3) is 0 Å². The first kappa shape index (κ1) is 14.9. The normalized spacial score (nSPS) is 11.0. The van der Waals surface area contributed by atoms with E-state index in [1.54, 1.807) is 22.9 Å². The van der Waals surface area contributed by atoms with Gasteiger partial charge in [0.1, 0.15) is 15.4 Å². The molecular formula is C18H11ClN2O2S. The Balaban J connectivity index is 2.00. The molecule has 0 saturated carbocycles. The number of carboxylic acids is 1. The zero-order valence-corrected chi connectivity index (χ0v) is 13.9.